The Labute approximate surface area is 129 Å². The predicted octanol–water partition coefficient (Wildman–Crippen LogP) is 2.10. The van der Waals surface area contributed by atoms with E-state index in [2.05, 4.69) is 0 Å². The Morgan fingerprint density at radius 3 is 2.27 bits per heavy atom. The third-order valence-corrected chi connectivity index (χ3v) is 3.98. The minimum Gasteiger partial charge on any atom is -0.394 e. The summed E-state index contributed by atoms with van der Waals surface area (Å²) in [7, 11) is 0. The third kappa shape index (κ3) is 2.95. The highest BCUT2D eigenvalue weighted by molar-refractivity contribution is 6.08. The van der Waals surface area contributed by atoms with Crippen molar-refractivity contribution in [1.82, 2.24) is 0 Å². The van der Waals surface area contributed by atoms with Crippen LogP contribution in [0.5, 0.6) is 0 Å². The molecule has 0 spiro atoms. The molecule has 4 nitrogen and oxygen atoms in total. The van der Waals surface area contributed by atoms with E-state index in [-0.39, 0.29) is 18.5 Å². The van der Waals surface area contributed by atoms with Crippen LogP contribution < -0.4 is 0 Å². The molecule has 0 amide bonds. The second-order valence-electron chi connectivity index (χ2n) is 5.47. The minimum absolute atomic E-state index is 0.0206. The minimum atomic E-state index is -0.652. The number of rotatable bonds is 4. The van der Waals surface area contributed by atoms with Crippen molar-refractivity contribution in [3.05, 3.63) is 71.3 Å². The molecule has 114 valence electrons. The topological polar surface area (TPSA) is 66.8 Å². The number of carbonyl (C=O) groups is 1. The summed E-state index contributed by atoms with van der Waals surface area (Å²) in [5, 5.41) is 18.9. The molecule has 0 unspecified atom stereocenters. The van der Waals surface area contributed by atoms with Crippen molar-refractivity contribution in [3.8, 4) is 0 Å². The molecule has 1 aliphatic rings. The first-order valence-electron chi connectivity index (χ1n) is 7.33. The second kappa shape index (κ2) is 6.40. The Morgan fingerprint density at radius 1 is 1.05 bits per heavy atom. The van der Waals surface area contributed by atoms with Crippen molar-refractivity contribution in [3.63, 3.8) is 0 Å². The second-order valence-corrected chi connectivity index (χ2v) is 5.47. The Kier molecular flexibility index (Phi) is 4.34. The normalized spacial score (nSPS) is 24.4. The van der Waals surface area contributed by atoms with E-state index in [0.29, 0.717) is 17.5 Å². The summed E-state index contributed by atoms with van der Waals surface area (Å²) >= 11 is 0. The molecule has 0 radical (unpaired) electrons. The van der Waals surface area contributed by atoms with Crippen molar-refractivity contribution < 1.29 is 19.7 Å². The summed E-state index contributed by atoms with van der Waals surface area (Å²) < 4.78 is 5.61. The summed E-state index contributed by atoms with van der Waals surface area (Å²) in [4.78, 5) is 12.3. The number of hydrogen-bond donors (Lipinski definition) is 2. The van der Waals surface area contributed by atoms with Crippen molar-refractivity contribution in [2.24, 2.45) is 0 Å². The average Bonchev–Trinajstić information content (AvgIpc) is 2.96. The Hall–Kier alpha value is -2.01. The van der Waals surface area contributed by atoms with Crippen LogP contribution in [0.1, 0.15) is 34.0 Å². The van der Waals surface area contributed by atoms with E-state index < -0.39 is 12.2 Å². The van der Waals surface area contributed by atoms with Gasteiger partial charge in [-0.2, -0.15) is 0 Å². The van der Waals surface area contributed by atoms with Gasteiger partial charge in [-0.15, -0.1) is 0 Å². The lowest BCUT2D eigenvalue weighted by Gasteiger charge is -2.12. The van der Waals surface area contributed by atoms with E-state index in [0.717, 1.165) is 5.56 Å². The van der Waals surface area contributed by atoms with Gasteiger partial charge < -0.3 is 14.9 Å². The fourth-order valence-corrected chi connectivity index (χ4v) is 2.71. The average molecular weight is 298 g/mol. The number of benzene rings is 2. The van der Waals surface area contributed by atoms with Crippen LogP contribution in [0.2, 0.25) is 0 Å². The fraction of sp³-hybridized carbons (Fsp3) is 0.278. The maximum absolute atomic E-state index is 12.3. The Morgan fingerprint density at radius 2 is 1.68 bits per heavy atom. The lowest BCUT2D eigenvalue weighted by Crippen LogP contribution is -2.24. The summed E-state index contributed by atoms with van der Waals surface area (Å²) in [5.74, 6) is -0.0206. The van der Waals surface area contributed by atoms with E-state index in [1.165, 1.54) is 0 Å². The SMILES string of the molecule is O=C(c1ccccc1)c1ccc([C@H]2C[C@@H](O)[C@@H](CO)O2)cc1. The number of aliphatic hydroxyl groups is 2. The molecular formula is C18H18O4. The van der Waals surface area contributed by atoms with Gasteiger partial charge in [0.15, 0.2) is 5.78 Å². The first kappa shape index (κ1) is 14.9. The van der Waals surface area contributed by atoms with Crippen LogP contribution in [0.3, 0.4) is 0 Å². The molecule has 2 aromatic rings. The van der Waals surface area contributed by atoms with Crippen molar-refractivity contribution in [1.29, 1.82) is 0 Å². The molecule has 2 N–H and O–H groups in total. The zero-order valence-electron chi connectivity index (χ0n) is 12.1. The molecule has 1 saturated heterocycles. The Balaban J connectivity index is 1.75. The molecule has 0 saturated carbocycles. The van der Waals surface area contributed by atoms with Gasteiger partial charge in [0.2, 0.25) is 0 Å². The highest BCUT2D eigenvalue weighted by Gasteiger charge is 2.34. The van der Waals surface area contributed by atoms with Gasteiger partial charge in [0.1, 0.15) is 6.10 Å². The highest BCUT2D eigenvalue weighted by Crippen LogP contribution is 2.33. The smallest absolute Gasteiger partial charge is 0.193 e. The largest absolute Gasteiger partial charge is 0.394 e. The van der Waals surface area contributed by atoms with Crippen LogP contribution >= 0.6 is 0 Å². The van der Waals surface area contributed by atoms with Gasteiger partial charge in [0, 0.05) is 17.5 Å². The predicted molar refractivity (Wildman–Crippen MR) is 81.6 cm³/mol. The summed E-state index contributed by atoms with van der Waals surface area (Å²) in [5.41, 5.74) is 2.18. The van der Waals surface area contributed by atoms with Gasteiger partial charge in [0.25, 0.3) is 0 Å². The van der Waals surface area contributed by atoms with E-state index >= 15 is 0 Å². The van der Waals surface area contributed by atoms with Gasteiger partial charge in [-0.1, -0.05) is 54.6 Å². The zero-order chi connectivity index (χ0) is 15.5. The monoisotopic (exact) mass is 298 g/mol. The highest BCUT2D eigenvalue weighted by atomic mass is 16.5. The quantitative estimate of drug-likeness (QED) is 0.848. The van der Waals surface area contributed by atoms with Crippen molar-refractivity contribution in [2.45, 2.75) is 24.7 Å². The van der Waals surface area contributed by atoms with E-state index in [9.17, 15) is 9.90 Å². The lowest BCUT2D eigenvalue weighted by molar-refractivity contribution is -0.0225. The van der Waals surface area contributed by atoms with Crippen molar-refractivity contribution in [2.75, 3.05) is 6.61 Å². The number of hydrogen-bond acceptors (Lipinski definition) is 4. The fourth-order valence-electron chi connectivity index (χ4n) is 2.71. The van der Waals surface area contributed by atoms with Gasteiger partial charge in [0.05, 0.1) is 18.8 Å². The molecule has 3 rings (SSSR count). The molecule has 0 aromatic heterocycles. The standard InChI is InChI=1S/C18H18O4/c19-11-17-15(20)10-16(22-17)12-6-8-14(9-7-12)18(21)13-4-2-1-3-5-13/h1-9,15-17,19-20H,10-11H2/t15-,16-,17-/m1/s1. The van der Waals surface area contributed by atoms with Gasteiger partial charge in [-0.25, -0.2) is 0 Å². The molecule has 1 heterocycles. The molecule has 0 aliphatic carbocycles. The molecule has 1 aliphatic heterocycles. The molecular weight excluding hydrogens is 280 g/mol. The van der Waals surface area contributed by atoms with Crippen LogP contribution in [-0.4, -0.2) is 34.8 Å². The van der Waals surface area contributed by atoms with Crippen molar-refractivity contribution >= 4 is 5.78 Å². The first-order chi connectivity index (χ1) is 10.7. The van der Waals surface area contributed by atoms with Gasteiger partial charge >= 0.3 is 0 Å². The summed E-state index contributed by atoms with van der Waals surface area (Å²) in [6.07, 6.45) is -0.971. The summed E-state index contributed by atoms with van der Waals surface area (Å²) in [6.45, 7) is -0.192. The number of carbonyl (C=O) groups excluding carboxylic acids is 1. The molecule has 2 aromatic carbocycles. The van der Waals surface area contributed by atoms with Crippen LogP contribution in [0.4, 0.5) is 0 Å². The molecule has 4 heteroatoms. The van der Waals surface area contributed by atoms with E-state index in [1.807, 2.05) is 30.3 Å². The molecule has 22 heavy (non-hydrogen) atoms. The van der Waals surface area contributed by atoms with Gasteiger partial charge in [-0.3, -0.25) is 4.79 Å². The maximum atomic E-state index is 12.3. The van der Waals surface area contributed by atoms with Crippen LogP contribution in [-0.2, 0) is 4.74 Å². The number of ketones is 1. The molecule has 3 atom stereocenters. The van der Waals surface area contributed by atoms with E-state index in [4.69, 9.17) is 9.84 Å². The number of ether oxygens (including phenoxy) is 1. The Bertz CT molecular complexity index is 636. The first-order valence-corrected chi connectivity index (χ1v) is 7.33. The van der Waals surface area contributed by atoms with Crippen LogP contribution in [0, 0.1) is 0 Å². The van der Waals surface area contributed by atoms with Crippen LogP contribution in [0.25, 0.3) is 0 Å². The summed E-state index contributed by atoms with van der Waals surface area (Å²) in [6, 6.07) is 16.4. The molecule has 1 fully saturated rings. The van der Waals surface area contributed by atoms with E-state index in [1.54, 1.807) is 24.3 Å². The number of aliphatic hydroxyl groups excluding tert-OH is 2. The van der Waals surface area contributed by atoms with Crippen LogP contribution in [0.15, 0.2) is 54.6 Å². The zero-order valence-corrected chi connectivity index (χ0v) is 12.1. The lowest BCUT2D eigenvalue weighted by atomic mass is 9.99. The third-order valence-electron chi connectivity index (χ3n) is 3.98. The van der Waals surface area contributed by atoms with Gasteiger partial charge in [-0.05, 0) is 5.56 Å². The molecule has 0 bridgehead atoms. The maximum Gasteiger partial charge on any atom is 0.193 e.